The molecule has 17 heteroatoms. The highest BCUT2D eigenvalue weighted by atomic mass is 35.5. The van der Waals surface area contributed by atoms with Crippen LogP contribution < -0.4 is 24.4 Å². The van der Waals surface area contributed by atoms with Gasteiger partial charge in [0.05, 0.1) is 33.7 Å². The topological polar surface area (TPSA) is 181 Å². The van der Waals surface area contributed by atoms with Crippen molar-refractivity contribution in [3.05, 3.63) is 111 Å². The number of carbonyl (C=O) groups excluding carboxylic acids is 1. The maximum Gasteiger partial charge on any atom is 0.297 e. The van der Waals surface area contributed by atoms with Crippen molar-refractivity contribution in [3.63, 3.8) is 0 Å². The summed E-state index contributed by atoms with van der Waals surface area (Å²) in [4.78, 5) is 37.5. The number of amides is 1. The Morgan fingerprint density at radius 1 is 1.03 bits per heavy atom. The number of piperazine rings is 1. The van der Waals surface area contributed by atoms with Crippen LogP contribution in [0.15, 0.2) is 89.6 Å². The third-order valence-corrected chi connectivity index (χ3v) is 15.1. The van der Waals surface area contributed by atoms with Gasteiger partial charge in [0, 0.05) is 80.3 Å². The highest BCUT2D eigenvalue weighted by Crippen LogP contribution is 2.45. The molecule has 65 heavy (non-hydrogen) atoms. The van der Waals surface area contributed by atoms with Crippen LogP contribution >= 0.6 is 11.6 Å². The second-order valence-electron chi connectivity index (χ2n) is 18.4. The number of nitro benzene ring substituents is 1. The molecule has 2 aliphatic heterocycles. The molecule has 3 N–H and O–H groups in total. The van der Waals surface area contributed by atoms with Crippen molar-refractivity contribution in [2.45, 2.75) is 75.8 Å². The number of nitrogens with zero attached hydrogens (tertiary/aromatic N) is 4. The van der Waals surface area contributed by atoms with Crippen LogP contribution in [0.2, 0.25) is 5.02 Å². The van der Waals surface area contributed by atoms with Gasteiger partial charge in [0.25, 0.3) is 21.6 Å². The molecule has 0 radical (unpaired) electrons. The Hall–Kier alpha value is -5.68. The fraction of sp³-hybridized carbons (Fsp3) is 0.417. The summed E-state index contributed by atoms with van der Waals surface area (Å²) in [6.45, 7) is 8.81. The highest BCUT2D eigenvalue weighted by Gasteiger charge is 2.36. The average Bonchev–Trinajstić information content (AvgIpc) is 3.77. The largest absolute Gasteiger partial charge is 0.489 e. The van der Waals surface area contributed by atoms with Gasteiger partial charge in [0.15, 0.2) is 11.4 Å². The van der Waals surface area contributed by atoms with Gasteiger partial charge in [-0.25, -0.2) is 18.1 Å². The van der Waals surface area contributed by atoms with E-state index in [1.165, 1.54) is 29.0 Å². The van der Waals surface area contributed by atoms with Crippen molar-refractivity contribution >= 4 is 61.2 Å². The number of nitro groups is 1. The number of sulfonamides is 1. The Morgan fingerprint density at radius 3 is 2.54 bits per heavy atom. The van der Waals surface area contributed by atoms with E-state index in [0.29, 0.717) is 11.4 Å². The summed E-state index contributed by atoms with van der Waals surface area (Å²) >= 11 is 6.25. The molecule has 2 fully saturated rings. The standard InChI is InChI=1S/C48H54ClN7O8S/c1-48(2)16-14-33(40(26-48)30-4-8-34(49)9-5-30)28-54-18-20-55(21-19-54)35-10-13-39(43(23-35)64-37-22-32-15-17-50-46(32)51-27-37)47(57)53-65(60,61)38-24-42(56(58)59)45-44(25-38)63-29-41(52-45)31-6-11-36(62-3)12-7-31/h4-5,8-10,13,15,17,22-25,27,31,36,41,52H,6-7,11-12,14,16,18-21,26,28-29H2,1-3H3,(H,50,51)(H,53,57)/t31?,36?,41-/m0/s1. The first-order chi connectivity index (χ1) is 31.2. The molecule has 4 heterocycles. The number of halogens is 1. The number of fused-ring (bicyclic) bond motifs is 2. The smallest absolute Gasteiger partial charge is 0.297 e. The third-order valence-electron chi connectivity index (χ3n) is 13.5. The molecule has 5 aromatic rings. The molecule has 2 aromatic heterocycles. The van der Waals surface area contributed by atoms with E-state index in [1.54, 1.807) is 37.6 Å². The number of rotatable bonds is 12. The average molecular weight is 925 g/mol. The summed E-state index contributed by atoms with van der Waals surface area (Å²) < 4.78 is 47.9. The van der Waals surface area contributed by atoms with E-state index < -0.39 is 31.4 Å². The number of pyridine rings is 1. The van der Waals surface area contributed by atoms with E-state index >= 15 is 0 Å². The molecule has 3 aromatic carbocycles. The molecule has 0 unspecified atom stereocenters. The summed E-state index contributed by atoms with van der Waals surface area (Å²) in [6.07, 6.45) is 10.1. The van der Waals surface area contributed by atoms with Crippen LogP contribution in [0.4, 0.5) is 17.1 Å². The van der Waals surface area contributed by atoms with E-state index in [4.69, 9.17) is 25.8 Å². The van der Waals surface area contributed by atoms with Gasteiger partial charge in [0.1, 0.15) is 23.8 Å². The van der Waals surface area contributed by atoms with Crippen molar-refractivity contribution in [1.82, 2.24) is 19.6 Å². The zero-order valence-electron chi connectivity index (χ0n) is 36.8. The molecule has 0 spiro atoms. The number of ether oxygens (including phenoxy) is 3. The minimum atomic E-state index is -4.65. The number of aromatic nitrogens is 2. The Bertz CT molecular complexity index is 2740. The van der Waals surface area contributed by atoms with Crippen LogP contribution in [0, 0.1) is 21.4 Å². The van der Waals surface area contributed by atoms with E-state index in [-0.39, 0.29) is 52.8 Å². The fourth-order valence-corrected chi connectivity index (χ4v) is 10.9. The van der Waals surface area contributed by atoms with Crippen LogP contribution in [-0.2, 0) is 14.8 Å². The van der Waals surface area contributed by atoms with E-state index in [2.05, 4.69) is 55.8 Å². The molecule has 2 aliphatic carbocycles. The number of benzene rings is 3. The minimum absolute atomic E-state index is 0.0244. The van der Waals surface area contributed by atoms with Crippen molar-refractivity contribution in [3.8, 4) is 17.2 Å². The first-order valence-electron chi connectivity index (χ1n) is 22.2. The molecular formula is C48H54ClN7O8S. The lowest BCUT2D eigenvalue weighted by molar-refractivity contribution is -0.384. The SMILES string of the molecule is COC1CCC([C@@H]2COc3cc(S(=O)(=O)NC(=O)c4ccc(N5CCN(CC6=C(c7ccc(Cl)cc7)CC(C)(C)CC6)CC5)cc4Oc4cnc5[nH]ccc5c4)cc([N+](=O)[O-])c3N2)CC1. The second-order valence-corrected chi connectivity index (χ2v) is 20.5. The van der Waals surface area contributed by atoms with E-state index in [0.717, 1.165) is 99.8 Å². The monoisotopic (exact) mass is 923 g/mol. The van der Waals surface area contributed by atoms with Gasteiger partial charge in [-0.2, -0.15) is 0 Å². The van der Waals surface area contributed by atoms with Gasteiger partial charge >= 0.3 is 0 Å². The third kappa shape index (κ3) is 9.81. The molecule has 0 bridgehead atoms. The summed E-state index contributed by atoms with van der Waals surface area (Å²) in [5.41, 5.74) is 5.37. The van der Waals surface area contributed by atoms with Crippen LogP contribution in [0.3, 0.4) is 0 Å². The molecule has 342 valence electrons. The summed E-state index contributed by atoms with van der Waals surface area (Å²) in [5.74, 6) is -0.283. The van der Waals surface area contributed by atoms with Gasteiger partial charge in [-0.15, -0.1) is 0 Å². The van der Waals surface area contributed by atoms with Crippen LogP contribution in [0.1, 0.15) is 74.7 Å². The maximum atomic E-state index is 14.1. The number of carbonyl (C=O) groups is 1. The van der Waals surface area contributed by atoms with Crippen molar-refractivity contribution < 1.29 is 32.3 Å². The molecule has 15 nitrogen and oxygen atoms in total. The molecular weight excluding hydrogens is 870 g/mol. The van der Waals surface area contributed by atoms with E-state index in [9.17, 15) is 23.3 Å². The second kappa shape index (κ2) is 18.3. The molecule has 1 amide bonds. The Labute approximate surface area is 383 Å². The Balaban J connectivity index is 0.938. The summed E-state index contributed by atoms with van der Waals surface area (Å²) in [5, 5.41) is 17.2. The number of hydrogen-bond acceptors (Lipinski definition) is 12. The van der Waals surface area contributed by atoms with Crippen molar-refractivity contribution in [2.24, 2.45) is 11.3 Å². The van der Waals surface area contributed by atoms with E-state index in [1.807, 2.05) is 18.2 Å². The summed E-state index contributed by atoms with van der Waals surface area (Å²) in [6, 6.07) is 18.8. The lowest BCUT2D eigenvalue weighted by Gasteiger charge is -2.39. The van der Waals surface area contributed by atoms with Gasteiger partial charge < -0.3 is 29.4 Å². The zero-order chi connectivity index (χ0) is 45.5. The maximum absolute atomic E-state index is 14.1. The molecule has 1 saturated heterocycles. The van der Waals surface area contributed by atoms with Gasteiger partial charge in [-0.3, -0.25) is 19.8 Å². The predicted molar refractivity (Wildman–Crippen MR) is 251 cm³/mol. The summed E-state index contributed by atoms with van der Waals surface area (Å²) in [7, 11) is -2.95. The number of allylic oxidation sites excluding steroid dienone is 1. The zero-order valence-corrected chi connectivity index (χ0v) is 38.3. The highest BCUT2D eigenvalue weighted by molar-refractivity contribution is 7.90. The normalized spacial score (nSPS) is 21.3. The van der Waals surface area contributed by atoms with Crippen LogP contribution in [-0.4, -0.2) is 92.7 Å². The van der Waals surface area contributed by atoms with Crippen molar-refractivity contribution in [2.75, 3.05) is 56.7 Å². The lowest BCUT2D eigenvalue weighted by atomic mass is 9.72. The van der Waals surface area contributed by atoms with Crippen molar-refractivity contribution in [1.29, 1.82) is 0 Å². The number of nitrogens with one attached hydrogen (secondary N) is 3. The first kappa shape index (κ1) is 44.5. The number of methoxy groups -OCH3 is 1. The lowest BCUT2D eigenvalue weighted by Crippen LogP contribution is -2.47. The first-order valence-corrected chi connectivity index (χ1v) is 24.1. The van der Waals surface area contributed by atoms with Gasteiger partial charge in [-0.1, -0.05) is 43.2 Å². The number of aromatic amines is 1. The molecule has 1 saturated carbocycles. The van der Waals surface area contributed by atoms with Crippen LogP contribution in [0.25, 0.3) is 16.6 Å². The van der Waals surface area contributed by atoms with Crippen LogP contribution in [0.5, 0.6) is 17.2 Å². The molecule has 1 atom stereocenters. The predicted octanol–water partition coefficient (Wildman–Crippen LogP) is 9.20. The number of anilines is 2. The fourth-order valence-electron chi connectivity index (χ4n) is 9.74. The number of H-pyrrole nitrogens is 1. The molecule has 4 aliphatic rings. The minimum Gasteiger partial charge on any atom is -0.489 e. The molecule has 9 rings (SSSR count). The Morgan fingerprint density at radius 2 is 1.80 bits per heavy atom. The Kier molecular flexibility index (Phi) is 12.5. The number of hydrogen-bond donors (Lipinski definition) is 3. The van der Waals surface area contributed by atoms with Gasteiger partial charge in [-0.05, 0) is 104 Å². The quantitative estimate of drug-likeness (QED) is 0.0799. The van der Waals surface area contributed by atoms with Gasteiger partial charge in [0.2, 0.25) is 0 Å².